The van der Waals surface area contributed by atoms with Crippen LogP contribution in [0.1, 0.15) is 51.4 Å². The Hall–Kier alpha value is -0.760. The van der Waals surface area contributed by atoms with Crippen LogP contribution in [-0.4, -0.2) is 10.9 Å². The quantitative estimate of drug-likeness (QED) is 0.557. The minimum Gasteiger partial charge on any atom is -0.467 e. The molecular formula is C13H20O2. The summed E-state index contributed by atoms with van der Waals surface area (Å²) in [6.07, 6.45) is 14.4. The fourth-order valence-electron chi connectivity index (χ4n) is 2.21. The molecule has 2 heteroatoms. The van der Waals surface area contributed by atoms with Crippen molar-refractivity contribution in [3.63, 3.8) is 0 Å². The molecule has 0 aromatic heterocycles. The second-order valence-electron chi connectivity index (χ2n) is 4.53. The first-order valence-corrected chi connectivity index (χ1v) is 6.04. The van der Waals surface area contributed by atoms with E-state index in [-0.39, 0.29) is 0 Å². The van der Waals surface area contributed by atoms with Crippen molar-refractivity contribution in [1.29, 1.82) is 0 Å². The van der Waals surface area contributed by atoms with E-state index < -0.39 is 5.79 Å². The molecule has 2 aliphatic rings. The summed E-state index contributed by atoms with van der Waals surface area (Å²) in [6.45, 7) is 0. The number of ether oxygens (including phenoxy) is 1. The molecule has 1 atom stereocenters. The third kappa shape index (κ3) is 3.10. The van der Waals surface area contributed by atoms with Gasteiger partial charge in [0.05, 0.1) is 5.76 Å². The van der Waals surface area contributed by atoms with Crippen molar-refractivity contribution in [2.24, 2.45) is 0 Å². The number of allylic oxidation sites excluding steroid dienone is 3. The van der Waals surface area contributed by atoms with Crippen LogP contribution in [0.25, 0.3) is 0 Å². The van der Waals surface area contributed by atoms with Gasteiger partial charge < -0.3 is 9.84 Å². The molecule has 0 heterocycles. The first kappa shape index (κ1) is 10.7. The molecule has 0 saturated heterocycles. The van der Waals surface area contributed by atoms with E-state index in [9.17, 15) is 5.11 Å². The SMILES string of the molecule is OC1(OC2=CCCCCC2)CC=CCC1. The Bertz CT molecular complexity index is 268. The number of rotatable bonds is 2. The summed E-state index contributed by atoms with van der Waals surface area (Å²) in [5.41, 5.74) is 0. The minimum atomic E-state index is -0.926. The van der Waals surface area contributed by atoms with E-state index in [1.54, 1.807) is 0 Å². The zero-order chi connectivity index (χ0) is 10.6. The van der Waals surface area contributed by atoms with Crippen LogP contribution in [0.15, 0.2) is 24.0 Å². The third-order valence-electron chi connectivity index (χ3n) is 3.13. The molecule has 2 aliphatic carbocycles. The lowest BCUT2D eigenvalue weighted by atomic mass is 10.0. The van der Waals surface area contributed by atoms with Gasteiger partial charge in [0.2, 0.25) is 5.79 Å². The van der Waals surface area contributed by atoms with Gasteiger partial charge >= 0.3 is 0 Å². The highest BCUT2D eigenvalue weighted by Gasteiger charge is 2.29. The van der Waals surface area contributed by atoms with E-state index in [0.29, 0.717) is 6.42 Å². The molecule has 0 spiro atoms. The van der Waals surface area contributed by atoms with Crippen LogP contribution < -0.4 is 0 Å². The third-order valence-corrected chi connectivity index (χ3v) is 3.13. The molecular weight excluding hydrogens is 188 g/mol. The molecule has 0 aliphatic heterocycles. The Morgan fingerprint density at radius 2 is 2.07 bits per heavy atom. The topological polar surface area (TPSA) is 29.5 Å². The minimum absolute atomic E-state index is 0.629. The van der Waals surface area contributed by atoms with Gasteiger partial charge in [-0.2, -0.15) is 0 Å². The van der Waals surface area contributed by atoms with Crippen molar-refractivity contribution >= 4 is 0 Å². The van der Waals surface area contributed by atoms with Crippen molar-refractivity contribution in [3.8, 4) is 0 Å². The van der Waals surface area contributed by atoms with Crippen LogP contribution in [0.2, 0.25) is 0 Å². The van der Waals surface area contributed by atoms with Gasteiger partial charge in [-0.25, -0.2) is 0 Å². The summed E-state index contributed by atoms with van der Waals surface area (Å²) >= 11 is 0. The molecule has 0 saturated carbocycles. The van der Waals surface area contributed by atoms with E-state index >= 15 is 0 Å². The highest BCUT2D eigenvalue weighted by atomic mass is 16.6. The predicted molar refractivity (Wildman–Crippen MR) is 60.2 cm³/mol. The van der Waals surface area contributed by atoms with E-state index in [0.717, 1.165) is 31.4 Å². The molecule has 0 fully saturated rings. The lowest BCUT2D eigenvalue weighted by Gasteiger charge is -2.31. The monoisotopic (exact) mass is 208 g/mol. The van der Waals surface area contributed by atoms with Crippen LogP contribution in [0.5, 0.6) is 0 Å². The van der Waals surface area contributed by atoms with Gasteiger partial charge in [-0.1, -0.05) is 18.6 Å². The lowest BCUT2D eigenvalue weighted by molar-refractivity contribution is -0.182. The maximum atomic E-state index is 10.2. The smallest absolute Gasteiger partial charge is 0.211 e. The Labute approximate surface area is 91.6 Å². The first-order chi connectivity index (χ1) is 7.29. The molecule has 0 aromatic carbocycles. The van der Waals surface area contributed by atoms with Crippen LogP contribution in [-0.2, 0) is 4.74 Å². The average molecular weight is 208 g/mol. The highest BCUT2D eigenvalue weighted by Crippen LogP contribution is 2.30. The standard InChI is InChI=1S/C13H20O2/c14-13(10-6-3-7-11-13)15-12-8-4-1-2-5-9-12/h3,6,8,14H,1-2,4-5,7,9-11H2. The van der Waals surface area contributed by atoms with Crippen molar-refractivity contribution in [1.82, 2.24) is 0 Å². The maximum absolute atomic E-state index is 10.2. The van der Waals surface area contributed by atoms with Gasteiger partial charge in [0.25, 0.3) is 0 Å². The largest absolute Gasteiger partial charge is 0.467 e. The van der Waals surface area contributed by atoms with Crippen LogP contribution in [0.3, 0.4) is 0 Å². The van der Waals surface area contributed by atoms with Gasteiger partial charge in [0.15, 0.2) is 0 Å². The number of hydrogen-bond acceptors (Lipinski definition) is 2. The van der Waals surface area contributed by atoms with Crippen molar-refractivity contribution in [2.45, 2.75) is 57.2 Å². The Morgan fingerprint density at radius 1 is 1.13 bits per heavy atom. The summed E-state index contributed by atoms with van der Waals surface area (Å²) < 4.78 is 5.77. The normalized spacial score (nSPS) is 31.9. The van der Waals surface area contributed by atoms with Crippen LogP contribution >= 0.6 is 0 Å². The summed E-state index contributed by atoms with van der Waals surface area (Å²) in [4.78, 5) is 0. The molecule has 2 nitrogen and oxygen atoms in total. The summed E-state index contributed by atoms with van der Waals surface area (Å²) in [5, 5.41) is 10.2. The second-order valence-corrected chi connectivity index (χ2v) is 4.53. The Kier molecular flexibility index (Phi) is 3.47. The maximum Gasteiger partial charge on any atom is 0.211 e. The van der Waals surface area contributed by atoms with Gasteiger partial charge in [0, 0.05) is 19.3 Å². The molecule has 2 rings (SSSR count). The molecule has 84 valence electrons. The van der Waals surface area contributed by atoms with E-state index in [2.05, 4.69) is 12.2 Å². The zero-order valence-electron chi connectivity index (χ0n) is 9.24. The van der Waals surface area contributed by atoms with E-state index in [1.165, 1.54) is 19.3 Å². The Balaban J connectivity index is 1.94. The molecule has 1 N–H and O–H groups in total. The first-order valence-electron chi connectivity index (χ1n) is 6.04. The van der Waals surface area contributed by atoms with Crippen molar-refractivity contribution in [2.75, 3.05) is 0 Å². The molecule has 1 unspecified atom stereocenters. The van der Waals surface area contributed by atoms with Crippen molar-refractivity contribution < 1.29 is 9.84 Å². The van der Waals surface area contributed by atoms with Gasteiger partial charge in [-0.05, 0) is 31.8 Å². The van der Waals surface area contributed by atoms with E-state index in [4.69, 9.17) is 4.74 Å². The fraction of sp³-hybridized carbons (Fsp3) is 0.692. The number of hydrogen-bond donors (Lipinski definition) is 1. The predicted octanol–water partition coefficient (Wildman–Crippen LogP) is 3.28. The summed E-state index contributed by atoms with van der Waals surface area (Å²) in [6, 6.07) is 0. The van der Waals surface area contributed by atoms with Crippen molar-refractivity contribution in [3.05, 3.63) is 24.0 Å². The van der Waals surface area contributed by atoms with Gasteiger partial charge in [-0.3, -0.25) is 0 Å². The number of aliphatic hydroxyl groups is 1. The molecule has 0 bridgehead atoms. The molecule has 0 amide bonds. The Morgan fingerprint density at radius 3 is 2.87 bits per heavy atom. The average Bonchev–Trinajstić information content (AvgIpc) is 2.47. The van der Waals surface area contributed by atoms with Crippen LogP contribution in [0, 0.1) is 0 Å². The molecule has 0 aromatic rings. The molecule has 0 radical (unpaired) electrons. The second kappa shape index (κ2) is 4.84. The summed E-state index contributed by atoms with van der Waals surface area (Å²) in [5.74, 6) is 0.0792. The molecule has 15 heavy (non-hydrogen) atoms. The van der Waals surface area contributed by atoms with Crippen LogP contribution in [0.4, 0.5) is 0 Å². The summed E-state index contributed by atoms with van der Waals surface area (Å²) in [7, 11) is 0. The van der Waals surface area contributed by atoms with E-state index in [1.807, 2.05) is 6.08 Å². The van der Waals surface area contributed by atoms with Gasteiger partial charge in [-0.15, -0.1) is 0 Å². The lowest BCUT2D eigenvalue weighted by Crippen LogP contribution is -2.32. The highest BCUT2D eigenvalue weighted by molar-refractivity contribution is 5.01. The fourth-order valence-corrected chi connectivity index (χ4v) is 2.21. The zero-order valence-corrected chi connectivity index (χ0v) is 9.24. The van der Waals surface area contributed by atoms with Gasteiger partial charge in [0.1, 0.15) is 0 Å².